The van der Waals surface area contributed by atoms with Crippen LogP contribution in [0.2, 0.25) is 0 Å². The molecule has 1 heterocycles. The Morgan fingerprint density at radius 2 is 0.510 bits per heavy atom. The van der Waals surface area contributed by atoms with Crippen molar-refractivity contribution in [2.45, 2.75) is 213 Å². The van der Waals surface area contributed by atoms with Gasteiger partial charge in [0.1, 0.15) is 6.10 Å². The molecule has 1 fully saturated rings. The van der Waals surface area contributed by atoms with Gasteiger partial charge >= 0.3 is 149 Å². The van der Waals surface area contributed by atoms with E-state index in [1.165, 1.54) is 0 Å². The molecule has 1 aromatic carbocycles. The van der Waals surface area contributed by atoms with Crippen LogP contribution in [0.15, 0.2) is 12.1 Å². The average Bonchev–Trinajstić information content (AvgIpc) is 0.719. The minimum absolute atomic E-state index is 0.0487. The third-order valence-electron chi connectivity index (χ3n) is 14.2. The van der Waals surface area contributed by atoms with Gasteiger partial charge in [0.15, 0.2) is 11.5 Å². The monoisotopic (exact) mass is 1660 g/mol. The van der Waals surface area contributed by atoms with E-state index in [2.05, 4.69) is 0 Å². The fraction of sp³-hybridized carbons (Fsp3) is 0.851. The van der Waals surface area contributed by atoms with Crippen molar-refractivity contribution in [2.75, 3.05) is 33.0 Å². The molecule has 104 heavy (non-hydrogen) atoms. The molecule has 0 saturated carbocycles. The van der Waals surface area contributed by atoms with Gasteiger partial charge in [-0.2, -0.15) is 224 Å². The number of rotatable bonds is 38. The Morgan fingerprint density at radius 3 is 0.721 bits per heavy atom. The van der Waals surface area contributed by atoms with E-state index in [4.69, 9.17) is 23.7 Å². The predicted octanol–water partition coefficient (Wildman–Crippen LogP) is 21.3. The quantitative estimate of drug-likeness (QED) is 0.0373. The number of alkyl halides is 51. The lowest BCUT2D eigenvalue weighted by molar-refractivity contribution is -0.461. The van der Waals surface area contributed by atoms with Crippen molar-refractivity contribution in [1.29, 1.82) is 0 Å². The first-order chi connectivity index (χ1) is 45.4. The van der Waals surface area contributed by atoms with Gasteiger partial charge in [0.05, 0.1) is 38.6 Å². The van der Waals surface area contributed by atoms with Crippen LogP contribution in [-0.2, 0) is 9.47 Å². The van der Waals surface area contributed by atoms with Gasteiger partial charge in [0.2, 0.25) is 5.75 Å². The van der Waals surface area contributed by atoms with Gasteiger partial charge in [-0.25, -0.2) is 4.79 Å². The second kappa shape index (κ2) is 28.5. The maximum absolute atomic E-state index is 14.7. The Labute approximate surface area is 540 Å². The molecular formula is C47H33F51O6. The van der Waals surface area contributed by atoms with Crippen LogP contribution >= 0.6 is 0 Å². The third kappa shape index (κ3) is 15.1. The number of benzene rings is 1. The summed E-state index contributed by atoms with van der Waals surface area (Å²) in [6.07, 6.45) is -47.8. The van der Waals surface area contributed by atoms with E-state index in [-0.39, 0.29) is 25.2 Å². The molecule has 1 aliphatic heterocycles. The van der Waals surface area contributed by atoms with E-state index < -0.39 is 262 Å². The number of ether oxygens (including phenoxy) is 5. The molecule has 0 aliphatic carbocycles. The molecule has 1 aliphatic rings. The summed E-state index contributed by atoms with van der Waals surface area (Å²) in [5, 5.41) is 0. The average molecular weight is 1660 g/mol. The summed E-state index contributed by atoms with van der Waals surface area (Å²) in [7, 11) is 0. The number of hydrogen-bond donors (Lipinski definition) is 0. The van der Waals surface area contributed by atoms with Crippen molar-refractivity contribution in [1.82, 2.24) is 0 Å². The van der Waals surface area contributed by atoms with Crippen molar-refractivity contribution in [3.05, 3.63) is 17.7 Å². The summed E-state index contributed by atoms with van der Waals surface area (Å²) in [6.45, 7) is -6.39. The van der Waals surface area contributed by atoms with E-state index in [1.54, 1.807) is 0 Å². The Morgan fingerprint density at radius 1 is 0.298 bits per heavy atom. The van der Waals surface area contributed by atoms with Crippen molar-refractivity contribution in [2.24, 2.45) is 0 Å². The summed E-state index contributed by atoms with van der Waals surface area (Å²) < 4.78 is 728. The molecule has 0 aromatic heterocycles. The number of unbranched alkanes of at least 4 members (excludes halogenated alkanes) is 3. The van der Waals surface area contributed by atoms with Gasteiger partial charge in [0.25, 0.3) is 0 Å². The van der Waals surface area contributed by atoms with E-state index in [9.17, 15) is 229 Å². The molecule has 2 rings (SSSR count). The zero-order chi connectivity index (χ0) is 83.0. The Bertz CT molecular complexity index is 2930. The largest absolute Gasteiger partial charge is 0.490 e. The summed E-state index contributed by atoms with van der Waals surface area (Å²) in [4.78, 5) is 13.2. The lowest BCUT2D eigenvalue weighted by Crippen LogP contribution is -2.74. The summed E-state index contributed by atoms with van der Waals surface area (Å²) >= 11 is 0. The minimum Gasteiger partial charge on any atom is -0.490 e. The molecule has 614 valence electrons. The summed E-state index contributed by atoms with van der Waals surface area (Å²) in [5.74, 6) is -187. The van der Waals surface area contributed by atoms with Gasteiger partial charge in [-0.15, -0.1) is 0 Å². The highest BCUT2D eigenvalue weighted by Crippen LogP contribution is 2.69. The number of carbonyl (C=O) groups excluding carboxylic acids is 1. The van der Waals surface area contributed by atoms with E-state index in [0.29, 0.717) is 0 Å². The topological polar surface area (TPSA) is 63.2 Å². The zero-order valence-electron chi connectivity index (χ0n) is 48.6. The summed E-state index contributed by atoms with van der Waals surface area (Å²) in [5.41, 5.74) is -1.30. The molecule has 1 unspecified atom stereocenters. The number of carbonyl (C=O) groups is 1. The highest BCUT2D eigenvalue weighted by atomic mass is 19.5. The second-order valence-corrected chi connectivity index (χ2v) is 21.6. The molecule has 1 atom stereocenters. The normalized spacial score (nSPS) is 17.2. The summed E-state index contributed by atoms with van der Waals surface area (Å²) in [6, 6.07) is 0.0974. The van der Waals surface area contributed by atoms with Gasteiger partial charge in [-0.3, -0.25) is 0 Å². The molecule has 0 bridgehead atoms. The van der Waals surface area contributed by atoms with Gasteiger partial charge in [-0.1, -0.05) is 0 Å². The number of esters is 1. The minimum atomic E-state index is -9.14. The first-order valence-electron chi connectivity index (χ1n) is 26.4. The van der Waals surface area contributed by atoms with Crippen molar-refractivity contribution in [3.63, 3.8) is 0 Å². The van der Waals surface area contributed by atoms with E-state index in [1.807, 2.05) is 0 Å². The molecule has 1 saturated heterocycles. The molecule has 0 radical (unpaired) electrons. The smallest absolute Gasteiger partial charge is 0.460 e. The standard InChI is InChI=1S/C47H33F51O6/c48-24(49,27(54,55)30(60,61)33(66,67)36(72,73)39(78,79)42(84,85)45(90,91)92)8-1-4-11-101-20-15-18(23(99)104-19-7-14-100-17-19)16-21(102-12-5-2-9-25(50,51)28(56,57)31(62,63)34(68,69)37(74,75)40(80,81)43(86,87)46(93,94)95)22(20)103-13-6-3-10-26(52,53)29(58,59)32(64,65)35(70,71)38(76,77)41(82,83)44(88,89)47(96,97)98/h15-16,19H,1-14,17H2. The van der Waals surface area contributed by atoms with Crippen molar-refractivity contribution < 1.29 is 252 Å². The van der Waals surface area contributed by atoms with Gasteiger partial charge in [0, 0.05) is 25.7 Å². The van der Waals surface area contributed by atoms with Crippen LogP contribution in [0.5, 0.6) is 17.2 Å². The van der Waals surface area contributed by atoms with Crippen LogP contribution in [-0.4, -0.2) is 188 Å². The highest BCUT2D eigenvalue weighted by molar-refractivity contribution is 5.91. The van der Waals surface area contributed by atoms with Gasteiger partial charge < -0.3 is 23.7 Å². The van der Waals surface area contributed by atoms with Crippen LogP contribution in [0.25, 0.3) is 0 Å². The van der Waals surface area contributed by atoms with Crippen LogP contribution < -0.4 is 14.2 Å². The van der Waals surface area contributed by atoms with Crippen molar-refractivity contribution >= 4 is 5.97 Å². The maximum Gasteiger partial charge on any atom is 0.460 e. The number of halogens is 51. The van der Waals surface area contributed by atoms with Crippen LogP contribution in [0.3, 0.4) is 0 Å². The van der Waals surface area contributed by atoms with Crippen LogP contribution in [0.1, 0.15) is 74.6 Å². The fourth-order valence-corrected chi connectivity index (χ4v) is 7.82. The lowest BCUT2D eigenvalue weighted by atomic mass is 9.88. The molecule has 0 N–H and O–H groups in total. The van der Waals surface area contributed by atoms with Gasteiger partial charge in [-0.05, 0) is 50.7 Å². The SMILES string of the molecule is O=C(OC1CCOC1)c1cc(OCCCCC(F)(F)C(F)(F)C(F)(F)C(F)(F)C(F)(F)C(F)(F)C(F)(F)C(F)(F)F)c(OCCCCC(F)(F)C(F)(F)C(F)(F)C(F)(F)C(F)(F)C(F)(F)C(F)(F)C(F)(F)F)c(OCCCCC(F)(F)C(F)(F)C(F)(F)C(F)(F)C(F)(F)C(F)(F)C(F)(F)C(F)(F)F)c1. The van der Waals surface area contributed by atoms with Crippen LogP contribution in [0, 0.1) is 0 Å². The highest BCUT2D eigenvalue weighted by Gasteiger charge is 2.98. The van der Waals surface area contributed by atoms with E-state index in [0.717, 1.165) is 0 Å². The molecule has 1 aromatic rings. The predicted molar refractivity (Wildman–Crippen MR) is 231 cm³/mol. The first kappa shape index (κ1) is 94.6. The Balaban J connectivity index is 2.77. The molecule has 0 spiro atoms. The van der Waals surface area contributed by atoms with Crippen LogP contribution in [0.4, 0.5) is 224 Å². The zero-order valence-corrected chi connectivity index (χ0v) is 48.6. The Kier molecular flexibility index (Phi) is 25.9. The Hall–Kier alpha value is -5.52. The fourth-order valence-electron chi connectivity index (χ4n) is 7.82. The molecular weight excluding hydrogens is 1630 g/mol. The lowest BCUT2D eigenvalue weighted by Gasteiger charge is -2.42. The molecule has 57 heteroatoms. The van der Waals surface area contributed by atoms with Crippen molar-refractivity contribution in [3.8, 4) is 17.2 Å². The second-order valence-electron chi connectivity index (χ2n) is 21.6. The van der Waals surface area contributed by atoms with E-state index >= 15 is 0 Å². The number of hydrogen-bond acceptors (Lipinski definition) is 6. The first-order valence-corrected chi connectivity index (χ1v) is 26.4. The molecule has 6 nitrogen and oxygen atoms in total. The maximum atomic E-state index is 14.7. The third-order valence-corrected chi connectivity index (χ3v) is 14.2. The molecule has 0 amide bonds.